The number of benzene rings is 1. The standard InChI is InChI=1S/C27H32ClNO4S/c1-4-33-26(31)23-24-21(34-25(23)29-22(30)10-12-28)14-20-19-7-5-15-13-16(32-3)6-8-17(15)18(19)9-11-27(20,24)2/h6,8,13,18-20H,4-5,7,9-12,14H2,1-3H3,(H,29,30)/t18-,19+,20+,27+/m0/s1. The number of halogens is 1. The Hall–Kier alpha value is -2.05. The number of amides is 1. The number of rotatable bonds is 6. The molecule has 1 heterocycles. The number of esters is 1. The van der Waals surface area contributed by atoms with E-state index in [1.54, 1.807) is 18.4 Å². The van der Waals surface area contributed by atoms with Crippen molar-refractivity contribution in [2.75, 3.05) is 24.9 Å². The second-order valence-electron chi connectivity index (χ2n) is 9.95. The van der Waals surface area contributed by atoms with Gasteiger partial charge < -0.3 is 14.8 Å². The Morgan fingerprint density at radius 2 is 2.12 bits per heavy atom. The first-order chi connectivity index (χ1) is 16.4. The van der Waals surface area contributed by atoms with Gasteiger partial charge in [0, 0.05) is 17.2 Å². The molecule has 1 fully saturated rings. The third kappa shape index (κ3) is 3.74. The predicted octanol–water partition coefficient (Wildman–Crippen LogP) is 6.07. The van der Waals surface area contributed by atoms with Gasteiger partial charge in [0.05, 0.1) is 19.3 Å². The Balaban J connectivity index is 1.50. The second kappa shape index (κ2) is 9.19. The van der Waals surface area contributed by atoms with Crippen molar-refractivity contribution in [2.24, 2.45) is 11.8 Å². The smallest absolute Gasteiger partial charge is 0.341 e. The van der Waals surface area contributed by atoms with E-state index in [-0.39, 0.29) is 29.6 Å². The Morgan fingerprint density at radius 3 is 2.85 bits per heavy atom. The number of hydrogen-bond donors (Lipinski definition) is 1. The van der Waals surface area contributed by atoms with Crippen molar-refractivity contribution in [1.82, 2.24) is 0 Å². The van der Waals surface area contributed by atoms with E-state index >= 15 is 0 Å². The topological polar surface area (TPSA) is 64.6 Å². The molecule has 5 nitrogen and oxygen atoms in total. The molecule has 0 radical (unpaired) electrons. The van der Waals surface area contributed by atoms with Crippen LogP contribution in [0.5, 0.6) is 5.75 Å². The van der Waals surface area contributed by atoms with E-state index in [1.165, 1.54) is 16.0 Å². The summed E-state index contributed by atoms with van der Waals surface area (Å²) in [5.74, 6) is 2.32. The van der Waals surface area contributed by atoms with Crippen LogP contribution in [0.25, 0.3) is 0 Å². The van der Waals surface area contributed by atoms with Gasteiger partial charge in [0.1, 0.15) is 10.8 Å². The summed E-state index contributed by atoms with van der Waals surface area (Å²) in [5, 5.41) is 3.58. The van der Waals surface area contributed by atoms with Crippen molar-refractivity contribution in [1.29, 1.82) is 0 Å². The molecule has 34 heavy (non-hydrogen) atoms. The van der Waals surface area contributed by atoms with E-state index in [1.807, 2.05) is 6.92 Å². The fourth-order valence-electron chi connectivity index (χ4n) is 6.88. The number of ether oxygens (including phenoxy) is 2. The highest BCUT2D eigenvalue weighted by molar-refractivity contribution is 7.17. The fraction of sp³-hybridized carbons (Fsp3) is 0.556. The summed E-state index contributed by atoms with van der Waals surface area (Å²) in [6, 6.07) is 6.57. The molecule has 1 N–H and O–H groups in total. The first-order valence-corrected chi connectivity index (χ1v) is 13.6. The largest absolute Gasteiger partial charge is 0.497 e. The quantitative estimate of drug-likeness (QED) is 0.385. The summed E-state index contributed by atoms with van der Waals surface area (Å²) >= 11 is 7.32. The summed E-state index contributed by atoms with van der Waals surface area (Å²) in [4.78, 5) is 26.7. The molecule has 0 spiro atoms. The molecule has 1 aromatic heterocycles. The number of aryl methyl sites for hydroxylation is 1. The monoisotopic (exact) mass is 501 g/mol. The van der Waals surface area contributed by atoms with E-state index in [4.69, 9.17) is 21.1 Å². The van der Waals surface area contributed by atoms with Crippen molar-refractivity contribution < 1.29 is 19.1 Å². The van der Waals surface area contributed by atoms with E-state index in [2.05, 4.69) is 30.4 Å². The average Bonchev–Trinajstić information content (AvgIpc) is 3.32. The molecule has 1 amide bonds. The lowest BCUT2D eigenvalue weighted by Crippen LogP contribution is -2.43. The maximum atomic E-state index is 13.1. The molecule has 0 bridgehead atoms. The second-order valence-corrected chi connectivity index (χ2v) is 11.4. The van der Waals surface area contributed by atoms with Crippen LogP contribution < -0.4 is 10.1 Å². The van der Waals surface area contributed by atoms with Crippen LogP contribution in [0.3, 0.4) is 0 Å². The van der Waals surface area contributed by atoms with Crippen LogP contribution in [-0.4, -0.2) is 31.5 Å². The number of carbonyl (C=O) groups excluding carboxylic acids is 2. The number of nitrogens with one attached hydrogen (secondary N) is 1. The highest BCUT2D eigenvalue weighted by Crippen LogP contribution is 2.63. The lowest BCUT2D eigenvalue weighted by Gasteiger charge is -2.49. The number of anilines is 1. The Bertz CT molecular complexity index is 1130. The van der Waals surface area contributed by atoms with Crippen LogP contribution in [0.2, 0.25) is 0 Å². The van der Waals surface area contributed by atoms with Gasteiger partial charge >= 0.3 is 5.97 Å². The third-order valence-electron chi connectivity index (χ3n) is 8.33. The minimum Gasteiger partial charge on any atom is -0.497 e. The van der Waals surface area contributed by atoms with Gasteiger partial charge in [-0.2, -0.15) is 0 Å². The molecule has 0 saturated heterocycles. The van der Waals surface area contributed by atoms with Gasteiger partial charge in [-0.25, -0.2) is 4.79 Å². The number of hydrogen-bond acceptors (Lipinski definition) is 5. The van der Waals surface area contributed by atoms with E-state index in [0.717, 1.165) is 43.4 Å². The molecule has 0 unspecified atom stereocenters. The Labute approximate surface area is 210 Å². The first-order valence-electron chi connectivity index (χ1n) is 12.3. The molecule has 1 aromatic carbocycles. The minimum atomic E-state index is -0.328. The van der Waals surface area contributed by atoms with Crippen LogP contribution in [0.15, 0.2) is 18.2 Å². The maximum absolute atomic E-state index is 13.1. The van der Waals surface area contributed by atoms with Crippen LogP contribution >= 0.6 is 22.9 Å². The zero-order valence-corrected chi connectivity index (χ0v) is 21.6. The van der Waals surface area contributed by atoms with Crippen LogP contribution in [0.1, 0.15) is 77.4 Å². The normalized spacial score (nSPS) is 26.6. The number of alkyl halides is 1. The summed E-state index contributed by atoms with van der Waals surface area (Å²) in [6.07, 6.45) is 5.53. The minimum absolute atomic E-state index is 0.0888. The molecule has 5 rings (SSSR count). The summed E-state index contributed by atoms with van der Waals surface area (Å²) in [5.41, 5.74) is 4.52. The van der Waals surface area contributed by atoms with Gasteiger partial charge in [-0.3, -0.25) is 4.79 Å². The van der Waals surface area contributed by atoms with E-state index in [0.29, 0.717) is 34.9 Å². The average molecular weight is 502 g/mol. The summed E-state index contributed by atoms with van der Waals surface area (Å²) < 4.78 is 10.9. The van der Waals surface area contributed by atoms with Crippen LogP contribution in [-0.2, 0) is 27.8 Å². The Morgan fingerprint density at radius 1 is 1.29 bits per heavy atom. The third-order valence-corrected chi connectivity index (χ3v) is 9.65. The molecule has 182 valence electrons. The predicted molar refractivity (Wildman–Crippen MR) is 136 cm³/mol. The zero-order valence-electron chi connectivity index (χ0n) is 20.0. The summed E-state index contributed by atoms with van der Waals surface area (Å²) in [6.45, 7) is 4.47. The van der Waals surface area contributed by atoms with Crippen LogP contribution in [0.4, 0.5) is 5.00 Å². The van der Waals surface area contributed by atoms with Crippen molar-refractivity contribution in [3.63, 3.8) is 0 Å². The van der Waals surface area contributed by atoms with Crippen LogP contribution in [0, 0.1) is 11.8 Å². The SMILES string of the molecule is CCOC(=O)c1c(NC(=O)CCCl)sc2c1[C@]1(C)CC[C@H]3c4ccc(OC)cc4CC[C@H]3[C@H]1C2. The first kappa shape index (κ1) is 23.7. The fourth-order valence-corrected chi connectivity index (χ4v) is 8.45. The zero-order chi connectivity index (χ0) is 24.0. The van der Waals surface area contributed by atoms with Gasteiger partial charge in [-0.1, -0.05) is 13.0 Å². The lowest BCUT2D eigenvalue weighted by molar-refractivity contribution is -0.115. The summed E-state index contributed by atoms with van der Waals surface area (Å²) in [7, 11) is 1.73. The lowest BCUT2D eigenvalue weighted by atomic mass is 9.54. The highest BCUT2D eigenvalue weighted by Gasteiger charge is 2.55. The molecular formula is C27H32ClNO4S. The van der Waals surface area contributed by atoms with Gasteiger partial charge in [0.15, 0.2) is 0 Å². The number of carbonyl (C=O) groups is 2. The molecule has 3 aliphatic rings. The van der Waals surface area contributed by atoms with Crippen molar-refractivity contribution in [3.05, 3.63) is 45.3 Å². The van der Waals surface area contributed by atoms with E-state index < -0.39 is 0 Å². The van der Waals surface area contributed by atoms with Gasteiger partial charge in [-0.15, -0.1) is 22.9 Å². The Kier molecular flexibility index (Phi) is 6.40. The number of fused-ring (bicyclic) bond motifs is 7. The number of thiophene rings is 1. The highest BCUT2D eigenvalue weighted by atomic mass is 35.5. The molecule has 1 saturated carbocycles. The number of methoxy groups -OCH3 is 1. The van der Waals surface area contributed by atoms with Crippen molar-refractivity contribution in [3.8, 4) is 5.75 Å². The maximum Gasteiger partial charge on any atom is 0.341 e. The molecule has 4 atom stereocenters. The molecule has 0 aliphatic heterocycles. The molecular weight excluding hydrogens is 470 g/mol. The molecule has 2 aromatic rings. The molecule has 7 heteroatoms. The van der Waals surface area contributed by atoms with Gasteiger partial charge in [-0.05, 0) is 91.0 Å². The molecule has 3 aliphatic carbocycles. The van der Waals surface area contributed by atoms with Crippen molar-refractivity contribution in [2.45, 2.75) is 63.7 Å². The van der Waals surface area contributed by atoms with Gasteiger partial charge in [0.25, 0.3) is 0 Å². The van der Waals surface area contributed by atoms with E-state index in [9.17, 15) is 9.59 Å². The van der Waals surface area contributed by atoms with Gasteiger partial charge in [0.2, 0.25) is 5.91 Å². The van der Waals surface area contributed by atoms with Crippen molar-refractivity contribution >= 4 is 39.8 Å².